The maximum atomic E-state index is 14.7. The normalized spacial score (nSPS) is 20.6. The number of Topliss-reactive ketones (excluding diaryl/α,β-unsaturated/α-hetero) is 1. The number of hydrogen-bond donors (Lipinski definition) is 2. The molecule has 0 saturated carbocycles. The summed E-state index contributed by atoms with van der Waals surface area (Å²) in [4.78, 5) is 13.1. The van der Waals surface area contributed by atoms with E-state index >= 15 is 0 Å². The largest absolute Gasteiger partial charge is 0.372 e. The lowest BCUT2D eigenvalue weighted by molar-refractivity contribution is -0.118. The molecule has 3 nitrogen and oxygen atoms in total. The number of nitrogens with one attached hydrogen (secondary N) is 2. The molecule has 2 aromatic rings. The van der Waals surface area contributed by atoms with Crippen molar-refractivity contribution in [2.75, 3.05) is 10.6 Å². The van der Waals surface area contributed by atoms with Gasteiger partial charge in [-0.2, -0.15) is 0 Å². The van der Waals surface area contributed by atoms with Crippen molar-refractivity contribution >= 4 is 17.2 Å². The van der Waals surface area contributed by atoms with Crippen LogP contribution in [-0.2, 0) is 4.79 Å². The van der Waals surface area contributed by atoms with Crippen LogP contribution in [0.4, 0.5) is 20.2 Å². The van der Waals surface area contributed by atoms with Crippen LogP contribution in [0.2, 0.25) is 0 Å². The van der Waals surface area contributed by atoms with Gasteiger partial charge in [0.2, 0.25) is 0 Å². The Morgan fingerprint density at radius 3 is 2.25 bits per heavy atom. The third kappa shape index (κ3) is 3.09. The average Bonchev–Trinajstić information content (AvgIpc) is 2.71. The fourth-order valence-electron chi connectivity index (χ4n) is 4.21. The third-order valence-corrected chi connectivity index (χ3v) is 5.72. The van der Waals surface area contributed by atoms with E-state index in [2.05, 4.69) is 10.6 Å². The van der Waals surface area contributed by atoms with Gasteiger partial charge in [0, 0.05) is 17.7 Å². The van der Waals surface area contributed by atoms with E-state index in [-0.39, 0.29) is 16.8 Å². The first-order valence-corrected chi connectivity index (χ1v) is 9.51. The molecular formula is C23H24F2N2O. The summed E-state index contributed by atoms with van der Waals surface area (Å²) in [6, 6.07) is 6.89. The van der Waals surface area contributed by atoms with Crippen molar-refractivity contribution in [2.45, 2.75) is 46.6 Å². The number of aryl methyl sites for hydroxylation is 2. The molecule has 0 aromatic heterocycles. The molecule has 0 fully saturated rings. The number of carbonyl (C=O) groups is 1. The second-order valence-electron chi connectivity index (χ2n) is 8.65. The fourth-order valence-corrected chi connectivity index (χ4v) is 4.21. The minimum atomic E-state index is -0.879. The Morgan fingerprint density at radius 1 is 1.00 bits per heavy atom. The average molecular weight is 382 g/mol. The Kier molecular flexibility index (Phi) is 4.29. The number of ketones is 1. The first-order chi connectivity index (χ1) is 13.2. The van der Waals surface area contributed by atoms with Gasteiger partial charge in [-0.15, -0.1) is 0 Å². The zero-order valence-corrected chi connectivity index (χ0v) is 16.5. The van der Waals surface area contributed by atoms with Gasteiger partial charge in [0.05, 0.1) is 23.0 Å². The summed E-state index contributed by atoms with van der Waals surface area (Å²) < 4.78 is 29.4. The molecule has 5 heteroatoms. The van der Waals surface area contributed by atoms with Gasteiger partial charge in [-0.3, -0.25) is 4.79 Å². The molecule has 146 valence electrons. The van der Waals surface area contributed by atoms with Crippen LogP contribution in [0.5, 0.6) is 0 Å². The van der Waals surface area contributed by atoms with Crippen molar-refractivity contribution in [2.24, 2.45) is 5.41 Å². The summed E-state index contributed by atoms with van der Waals surface area (Å²) in [5, 5.41) is 6.67. The van der Waals surface area contributed by atoms with Crippen LogP contribution < -0.4 is 10.6 Å². The zero-order valence-electron chi connectivity index (χ0n) is 16.5. The summed E-state index contributed by atoms with van der Waals surface area (Å²) in [6.45, 7) is 8.08. The summed E-state index contributed by atoms with van der Waals surface area (Å²) >= 11 is 0. The number of halogens is 2. The number of carbonyl (C=O) groups excluding carboxylic acids is 1. The van der Waals surface area contributed by atoms with Gasteiger partial charge in [-0.1, -0.05) is 19.9 Å². The Labute approximate surface area is 163 Å². The zero-order chi connectivity index (χ0) is 20.2. The van der Waals surface area contributed by atoms with Gasteiger partial charge in [-0.25, -0.2) is 8.78 Å². The lowest BCUT2D eigenvalue weighted by Gasteiger charge is -2.34. The first-order valence-electron chi connectivity index (χ1n) is 9.51. The highest BCUT2D eigenvalue weighted by Gasteiger charge is 2.40. The maximum absolute atomic E-state index is 14.7. The summed E-state index contributed by atoms with van der Waals surface area (Å²) in [5.41, 5.74) is 4.55. The molecule has 0 bridgehead atoms. The predicted molar refractivity (Wildman–Crippen MR) is 107 cm³/mol. The molecule has 28 heavy (non-hydrogen) atoms. The minimum absolute atomic E-state index is 0.0832. The van der Waals surface area contributed by atoms with E-state index in [0.717, 1.165) is 28.2 Å². The van der Waals surface area contributed by atoms with Crippen LogP contribution in [-0.4, -0.2) is 5.78 Å². The Hall–Kier alpha value is -2.69. The molecule has 1 unspecified atom stereocenters. The van der Waals surface area contributed by atoms with Gasteiger partial charge in [0.1, 0.15) is 11.6 Å². The highest BCUT2D eigenvalue weighted by Crippen LogP contribution is 2.46. The lowest BCUT2D eigenvalue weighted by Crippen LogP contribution is -2.32. The molecule has 1 heterocycles. The Balaban J connectivity index is 1.96. The molecule has 1 atom stereocenters. The smallest absolute Gasteiger partial charge is 0.163 e. The second-order valence-corrected chi connectivity index (χ2v) is 8.65. The van der Waals surface area contributed by atoms with Crippen LogP contribution in [0.15, 0.2) is 41.6 Å². The van der Waals surface area contributed by atoms with Crippen LogP contribution in [0, 0.1) is 30.9 Å². The number of hydrogen-bond acceptors (Lipinski definition) is 3. The molecule has 4 rings (SSSR count). The highest BCUT2D eigenvalue weighted by atomic mass is 19.1. The molecule has 0 amide bonds. The third-order valence-electron chi connectivity index (χ3n) is 5.72. The molecule has 1 aliphatic heterocycles. The molecule has 0 spiro atoms. The van der Waals surface area contributed by atoms with Gasteiger partial charge in [0.15, 0.2) is 5.78 Å². The van der Waals surface area contributed by atoms with Crippen molar-refractivity contribution in [1.29, 1.82) is 0 Å². The summed E-state index contributed by atoms with van der Waals surface area (Å²) in [7, 11) is 0. The number of rotatable bonds is 1. The van der Waals surface area contributed by atoms with Crippen molar-refractivity contribution in [3.63, 3.8) is 0 Å². The van der Waals surface area contributed by atoms with Gasteiger partial charge in [0.25, 0.3) is 0 Å². The van der Waals surface area contributed by atoms with Crippen LogP contribution >= 0.6 is 0 Å². The fraction of sp³-hybridized carbons (Fsp3) is 0.348. The van der Waals surface area contributed by atoms with E-state index in [1.165, 1.54) is 18.2 Å². The van der Waals surface area contributed by atoms with Crippen molar-refractivity contribution in [3.05, 3.63) is 69.9 Å². The van der Waals surface area contributed by atoms with Gasteiger partial charge in [-0.05, 0) is 61.1 Å². The lowest BCUT2D eigenvalue weighted by atomic mass is 9.73. The molecule has 2 N–H and O–H groups in total. The molecule has 1 aliphatic carbocycles. The van der Waals surface area contributed by atoms with E-state index in [4.69, 9.17) is 0 Å². The second kappa shape index (κ2) is 6.43. The number of fused-ring (bicyclic) bond motifs is 1. The topological polar surface area (TPSA) is 41.1 Å². The van der Waals surface area contributed by atoms with E-state index in [0.29, 0.717) is 18.4 Å². The molecule has 2 aromatic carbocycles. The molecule has 0 radical (unpaired) electrons. The Morgan fingerprint density at radius 2 is 1.61 bits per heavy atom. The van der Waals surface area contributed by atoms with Crippen LogP contribution in [0.1, 0.15) is 49.4 Å². The maximum Gasteiger partial charge on any atom is 0.163 e. The van der Waals surface area contributed by atoms with Crippen molar-refractivity contribution in [3.8, 4) is 0 Å². The van der Waals surface area contributed by atoms with Gasteiger partial charge < -0.3 is 10.6 Å². The van der Waals surface area contributed by atoms with Crippen LogP contribution in [0.25, 0.3) is 0 Å². The quantitative estimate of drug-likeness (QED) is 0.655. The van der Waals surface area contributed by atoms with E-state index < -0.39 is 17.7 Å². The van der Waals surface area contributed by atoms with Crippen molar-refractivity contribution < 1.29 is 13.6 Å². The molecular weight excluding hydrogens is 358 g/mol. The number of benzene rings is 2. The van der Waals surface area contributed by atoms with Crippen molar-refractivity contribution in [1.82, 2.24) is 0 Å². The summed E-state index contributed by atoms with van der Waals surface area (Å²) in [5.74, 6) is -1.40. The Bertz CT molecular complexity index is 1000. The first kappa shape index (κ1) is 18.7. The highest BCUT2D eigenvalue weighted by molar-refractivity contribution is 6.01. The van der Waals surface area contributed by atoms with E-state index in [1.54, 1.807) is 0 Å². The molecule has 2 aliphatic rings. The predicted octanol–water partition coefficient (Wildman–Crippen LogP) is 5.80. The van der Waals surface area contributed by atoms with Gasteiger partial charge >= 0.3 is 0 Å². The number of allylic oxidation sites excluding steroid dienone is 1. The minimum Gasteiger partial charge on any atom is -0.372 e. The van der Waals surface area contributed by atoms with E-state index in [1.807, 2.05) is 39.8 Å². The van der Waals surface area contributed by atoms with E-state index in [9.17, 15) is 13.6 Å². The molecule has 0 saturated heterocycles. The monoisotopic (exact) mass is 382 g/mol. The van der Waals surface area contributed by atoms with Crippen LogP contribution in [0.3, 0.4) is 0 Å². The number of anilines is 2. The standard InChI is InChI=1S/C23H24F2N2O/c1-12-8-16-17(9-13(12)2)27-22(20-14(24)6-5-7-15(20)25)21-18(26-16)10-23(3,4)11-19(21)28/h5-9,22,26-27H,10-11H2,1-4H3. The summed E-state index contributed by atoms with van der Waals surface area (Å²) in [6.07, 6.45) is 0.977. The SMILES string of the molecule is Cc1cc2c(cc1C)NC(c1c(F)cccc1F)C1=C(CC(C)(C)CC1=O)N2.